The maximum Gasteiger partial charge on any atom is 0.485 e. The molecule has 3 rings (SSSR count). The van der Waals surface area contributed by atoms with Crippen LogP contribution in [0.3, 0.4) is 0 Å². The summed E-state index contributed by atoms with van der Waals surface area (Å²) >= 11 is 0. The highest BCUT2D eigenvalue weighted by Crippen LogP contribution is 2.31. The van der Waals surface area contributed by atoms with Gasteiger partial charge in [-0.25, -0.2) is 12.8 Å². The van der Waals surface area contributed by atoms with E-state index < -0.39 is 15.6 Å². The van der Waals surface area contributed by atoms with E-state index in [0.29, 0.717) is 0 Å². The van der Waals surface area contributed by atoms with Gasteiger partial charge in [0.25, 0.3) is 0 Å². The second kappa shape index (κ2) is 9.22. The molecule has 0 N–H and O–H groups in total. The van der Waals surface area contributed by atoms with Gasteiger partial charge in [0.05, 0.1) is 10.9 Å². The summed E-state index contributed by atoms with van der Waals surface area (Å²) in [7, 11) is -6.36. The number of alkyl halides is 3. The first kappa shape index (κ1) is 21.9. The Bertz CT molecular complexity index is 953. The third-order valence-corrected chi connectivity index (χ3v) is 6.05. The van der Waals surface area contributed by atoms with Gasteiger partial charge in [-0.2, -0.15) is 13.2 Å². The maximum absolute atomic E-state index is 13.6. The first-order chi connectivity index (χ1) is 13.1. The van der Waals surface area contributed by atoms with Gasteiger partial charge in [0.15, 0.2) is 24.8 Å². The molecule has 0 radical (unpaired) electrons. The van der Waals surface area contributed by atoms with Crippen LogP contribution in [-0.4, -0.2) is 18.5 Å². The highest BCUT2D eigenvalue weighted by atomic mass is 32.2. The second-order valence-corrected chi connectivity index (χ2v) is 8.69. The number of halogens is 4. The molecular formula is C19H14F4O3S2. The molecular weight excluding hydrogens is 416 g/mol. The third-order valence-electron chi connectivity index (χ3n) is 3.27. The Morgan fingerprint density at radius 3 is 1.46 bits per heavy atom. The van der Waals surface area contributed by atoms with E-state index in [1.807, 2.05) is 42.5 Å². The zero-order valence-electron chi connectivity index (χ0n) is 14.1. The molecule has 0 aliphatic rings. The van der Waals surface area contributed by atoms with Crippen molar-refractivity contribution in [1.82, 2.24) is 0 Å². The first-order valence-corrected chi connectivity index (χ1v) is 10.3. The summed E-state index contributed by atoms with van der Waals surface area (Å²) in [5.41, 5.74) is -5.65. The molecule has 0 aliphatic heterocycles. The molecule has 0 fully saturated rings. The van der Waals surface area contributed by atoms with Gasteiger partial charge in [-0.3, -0.25) is 0 Å². The van der Waals surface area contributed by atoms with Gasteiger partial charge in [-0.1, -0.05) is 42.5 Å². The minimum absolute atomic E-state index is 0.188. The van der Waals surface area contributed by atoms with E-state index in [2.05, 4.69) is 24.3 Å². The molecule has 28 heavy (non-hydrogen) atoms. The monoisotopic (exact) mass is 430 g/mol. The summed E-state index contributed by atoms with van der Waals surface area (Å²) in [6.45, 7) is 0. The molecule has 9 heteroatoms. The van der Waals surface area contributed by atoms with Gasteiger partial charge in [-0.15, -0.1) is 0 Å². The highest BCUT2D eigenvalue weighted by Gasteiger charge is 2.37. The molecule has 0 aliphatic carbocycles. The molecule has 3 aromatic rings. The van der Waals surface area contributed by atoms with Crippen molar-refractivity contribution in [3.8, 4) is 0 Å². The largest absolute Gasteiger partial charge is 0.741 e. The number of benzene rings is 3. The van der Waals surface area contributed by atoms with Crippen molar-refractivity contribution in [2.45, 2.75) is 20.2 Å². The summed E-state index contributed by atoms with van der Waals surface area (Å²) in [5, 5.41) is 0. The standard InChI is InChI=1S/C18H14FS.CHF3O3S/c19-15-8-7-13-18(14-15)20(16-9-3-1-4-10-16)17-11-5-2-6-12-17;2-1(3,4)8(5,6)7/h1-14H;(H,5,6,7)/q+1;/p-1. The topological polar surface area (TPSA) is 57.2 Å². The predicted molar refractivity (Wildman–Crippen MR) is 97.2 cm³/mol. The minimum Gasteiger partial charge on any atom is -0.741 e. The van der Waals surface area contributed by atoms with E-state index in [4.69, 9.17) is 13.0 Å². The Morgan fingerprint density at radius 2 is 1.11 bits per heavy atom. The van der Waals surface area contributed by atoms with Gasteiger partial charge >= 0.3 is 5.51 Å². The van der Waals surface area contributed by atoms with E-state index in [1.54, 1.807) is 12.1 Å². The van der Waals surface area contributed by atoms with Gasteiger partial charge in [0, 0.05) is 6.07 Å². The average molecular weight is 430 g/mol. The number of hydrogen-bond donors (Lipinski definition) is 0. The van der Waals surface area contributed by atoms with Crippen molar-refractivity contribution >= 4 is 21.0 Å². The number of hydrogen-bond acceptors (Lipinski definition) is 3. The summed E-state index contributed by atoms with van der Waals surface area (Å²) in [6.07, 6.45) is 0. The van der Waals surface area contributed by atoms with E-state index in [1.165, 1.54) is 15.9 Å². The normalized spacial score (nSPS) is 11.6. The van der Waals surface area contributed by atoms with E-state index in [9.17, 15) is 17.6 Å². The van der Waals surface area contributed by atoms with Crippen molar-refractivity contribution in [1.29, 1.82) is 0 Å². The van der Waals surface area contributed by atoms with Gasteiger partial charge < -0.3 is 4.55 Å². The van der Waals surface area contributed by atoms with E-state index >= 15 is 0 Å². The van der Waals surface area contributed by atoms with Crippen molar-refractivity contribution in [2.75, 3.05) is 0 Å². The summed E-state index contributed by atoms with van der Waals surface area (Å²) in [4.78, 5) is 3.40. The molecule has 0 saturated carbocycles. The Kier molecular flexibility index (Phi) is 7.22. The Balaban J connectivity index is 0.000000300. The lowest BCUT2D eigenvalue weighted by molar-refractivity contribution is -0.0517. The van der Waals surface area contributed by atoms with Crippen molar-refractivity contribution < 1.29 is 30.5 Å². The molecule has 0 spiro atoms. The van der Waals surface area contributed by atoms with Crippen molar-refractivity contribution in [3.05, 3.63) is 90.7 Å². The molecule has 3 aromatic carbocycles. The van der Waals surface area contributed by atoms with Crippen LogP contribution >= 0.6 is 0 Å². The Hall–Kier alpha value is -2.36. The fraction of sp³-hybridized carbons (Fsp3) is 0.0526. The van der Waals surface area contributed by atoms with Gasteiger partial charge in [-0.05, 0) is 36.4 Å². The van der Waals surface area contributed by atoms with Crippen LogP contribution in [0, 0.1) is 5.82 Å². The molecule has 0 saturated heterocycles. The van der Waals surface area contributed by atoms with Crippen LogP contribution < -0.4 is 0 Å². The van der Waals surface area contributed by atoms with Crippen LogP contribution in [0.4, 0.5) is 17.6 Å². The predicted octanol–water partition coefficient (Wildman–Crippen LogP) is 4.97. The molecule has 0 amide bonds. The van der Waals surface area contributed by atoms with Crippen LogP contribution in [0.1, 0.15) is 0 Å². The lowest BCUT2D eigenvalue weighted by Gasteiger charge is -2.08. The third kappa shape index (κ3) is 6.08. The maximum atomic E-state index is 13.6. The lowest BCUT2D eigenvalue weighted by Crippen LogP contribution is -2.21. The molecule has 0 bridgehead atoms. The van der Waals surface area contributed by atoms with Crippen LogP contribution in [-0.2, 0) is 21.0 Å². The Labute approximate surface area is 162 Å². The van der Waals surface area contributed by atoms with E-state index in [0.717, 1.165) is 4.90 Å². The summed E-state index contributed by atoms with van der Waals surface area (Å²) < 4.78 is 72.5. The second-order valence-electron chi connectivity index (χ2n) is 5.29. The molecule has 148 valence electrons. The van der Waals surface area contributed by atoms with Crippen LogP contribution in [0.15, 0.2) is 99.6 Å². The first-order valence-electron chi connectivity index (χ1n) is 7.72. The highest BCUT2D eigenvalue weighted by molar-refractivity contribution is 7.97. The summed E-state index contributed by atoms with van der Waals surface area (Å²) in [6, 6.07) is 27.4. The number of rotatable bonds is 3. The fourth-order valence-corrected chi connectivity index (χ4v) is 4.24. The smallest absolute Gasteiger partial charge is 0.485 e. The molecule has 0 aromatic heterocycles. The van der Waals surface area contributed by atoms with Crippen LogP contribution in [0.5, 0.6) is 0 Å². The quantitative estimate of drug-likeness (QED) is 0.255. The fourth-order valence-electron chi connectivity index (χ4n) is 2.12. The molecule has 0 heterocycles. The molecule has 0 unspecified atom stereocenters. The van der Waals surface area contributed by atoms with Crippen LogP contribution in [0.25, 0.3) is 0 Å². The molecule has 3 nitrogen and oxygen atoms in total. The SMILES string of the molecule is Fc1cccc([S+](c2ccccc2)c2ccccc2)c1.O=S(=O)([O-])C(F)(F)F. The van der Waals surface area contributed by atoms with E-state index in [-0.39, 0.29) is 16.7 Å². The zero-order valence-corrected chi connectivity index (χ0v) is 15.8. The molecule has 0 atom stereocenters. The summed E-state index contributed by atoms with van der Waals surface area (Å²) in [5.74, 6) is -0.188. The van der Waals surface area contributed by atoms with Gasteiger partial charge in [0.1, 0.15) is 5.82 Å². The minimum atomic E-state index is -6.09. The van der Waals surface area contributed by atoms with Crippen LogP contribution in [0.2, 0.25) is 0 Å². The van der Waals surface area contributed by atoms with Crippen molar-refractivity contribution in [3.63, 3.8) is 0 Å². The van der Waals surface area contributed by atoms with Crippen molar-refractivity contribution in [2.24, 2.45) is 0 Å². The Morgan fingerprint density at radius 1 is 0.714 bits per heavy atom. The zero-order chi connectivity index (χ0) is 20.8. The van der Waals surface area contributed by atoms with Gasteiger partial charge in [0.2, 0.25) is 0 Å². The average Bonchev–Trinajstić information content (AvgIpc) is 2.63. The lowest BCUT2D eigenvalue weighted by atomic mass is 10.3.